The van der Waals surface area contributed by atoms with E-state index in [4.69, 9.17) is 5.73 Å². The highest BCUT2D eigenvalue weighted by atomic mass is 32.2. The third kappa shape index (κ3) is 3.34. The molecule has 0 spiro atoms. The molecule has 2 aromatic rings. The number of halogens is 1. The molecular formula is C18H22FN3O2S. The number of rotatable bonds is 7. The van der Waals surface area contributed by atoms with Crippen LogP contribution in [-0.2, 0) is 10.2 Å². The number of para-hydroxylation sites is 3. The van der Waals surface area contributed by atoms with E-state index in [9.17, 15) is 12.8 Å². The van der Waals surface area contributed by atoms with E-state index in [2.05, 4.69) is 0 Å². The summed E-state index contributed by atoms with van der Waals surface area (Å²) in [5, 5.41) is 0. The van der Waals surface area contributed by atoms with Crippen LogP contribution in [0.3, 0.4) is 0 Å². The molecule has 0 bridgehead atoms. The first kappa shape index (κ1) is 17.7. The monoisotopic (exact) mass is 363 g/mol. The second kappa shape index (κ2) is 7.41. The van der Waals surface area contributed by atoms with E-state index in [1.54, 1.807) is 36.4 Å². The maximum Gasteiger partial charge on any atom is 0.331 e. The minimum absolute atomic E-state index is 0.0422. The van der Waals surface area contributed by atoms with Crippen molar-refractivity contribution >= 4 is 27.3 Å². The SMILES string of the molecule is NCCCCCCN1c2ccccc2N(c2ccccc2F)S1(=O)=O. The third-order valence-electron chi connectivity index (χ3n) is 4.27. The van der Waals surface area contributed by atoms with Gasteiger partial charge in [-0.2, -0.15) is 8.42 Å². The van der Waals surface area contributed by atoms with Gasteiger partial charge in [0.05, 0.1) is 17.1 Å². The first-order valence-electron chi connectivity index (χ1n) is 8.44. The molecular weight excluding hydrogens is 341 g/mol. The molecule has 0 saturated carbocycles. The van der Waals surface area contributed by atoms with Crippen LogP contribution < -0.4 is 14.3 Å². The molecule has 0 fully saturated rings. The van der Waals surface area contributed by atoms with Gasteiger partial charge in [-0.3, -0.25) is 4.31 Å². The first-order chi connectivity index (χ1) is 12.1. The van der Waals surface area contributed by atoms with Gasteiger partial charge in [-0.05, 0) is 43.7 Å². The number of benzene rings is 2. The number of nitrogens with two attached hydrogens (primary N) is 1. The van der Waals surface area contributed by atoms with E-state index in [1.807, 2.05) is 0 Å². The van der Waals surface area contributed by atoms with E-state index in [0.717, 1.165) is 30.0 Å². The molecule has 0 saturated heterocycles. The van der Waals surface area contributed by atoms with Crippen LogP contribution in [0, 0.1) is 5.82 Å². The smallest absolute Gasteiger partial charge is 0.330 e. The zero-order valence-electron chi connectivity index (χ0n) is 13.9. The summed E-state index contributed by atoms with van der Waals surface area (Å²) >= 11 is 0. The summed E-state index contributed by atoms with van der Waals surface area (Å²) in [6.45, 7) is 1.01. The van der Waals surface area contributed by atoms with E-state index in [1.165, 1.54) is 16.4 Å². The predicted molar refractivity (Wildman–Crippen MR) is 98.8 cm³/mol. The Balaban J connectivity index is 1.93. The van der Waals surface area contributed by atoms with Gasteiger partial charge in [0.1, 0.15) is 5.82 Å². The Labute approximate surface area is 148 Å². The Bertz CT molecular complexity index is 842. The van der Waals surface area contributed by atoms with Crippen LogP contribution in [0.15, 0.2) is 48.5 Å². The van der Waals surface area contributed by atoms with Crippen LogP contribution in [0.5, 0.6) is 0 Å². The molecule has 5 nitrogen and oxygen atoms in total. The Hall–Kier alpha value is -2.12. The first-order valence-corrected chi connectivity index (χ1v) is 9.83. The molecule has 2 aromatic carbocycles. The van der Waals surface area contributed by atoms with E-state index < -0.39 is 16.0 Å². The maximum atomic E-state index is 14.3. The number of hydrogen-bond donors (Lipinski definition) is 1. The van der Waals surface area contributed by atoms with Gasteiger partial charge in [-0.1, -0.05) is 37.1 Å². The van der Waals surface area contributed by atoms with Gasteiger partial charge in [0.25, 0.3) is 0 Å². The number of fused-ring (bicyclic) bond motifs is 1. The van der Waals surface area contributed by atoms with Gasteiger partial charge in [-0.25, -0.2) is 8.70 Å². The number of nitrogens with zero attached hydrogens (tertiary/aromatic N) is 2. The molecule has 7 heteroatoms. The molecule has 0 amide bonds. The summed E-state index contributed by atoms with van der Waals surface area (Å²) in [5.41, 5.74) is 6.60. The lowest BCUT2D eigenvalue weighted by Gasteiger charge is -2.22. The van der Waals surface area contributed by atoms with Crippen LogP contribution in [0.25, 0.3) is 0 Å². The molecule has 2 N–H and O–H groups in total. The largest absolute Gasteiger partial charge is 0.331 e. The summed E-state index contributed by atoms with van der Waals surface area (Å²) in [5.74, 6) is -0.564. The van der Waals surface area contributed by atoms with Crippen molar-refractivity contribution in [2.24, 2.45) is 5.73 Å². The lowest BCUT2D eigenvalue weighted by atomic mass is 10.2. The second-order valence-corrected chi connectivity index (χ2v) is 7.69. The van der Waals surface area contributed by atoms with Gasteiger partial charge >= 0.3 is 10.2 Å². The molecule has 0 unspecified atom stereocenters. The molecule has 1 heterocycles. The quantitative estimate of drug-likeness (QED) is 0.765. The fourth-order valence-electron chi connectivity index (χ4n) is 3.05. The number of anilines is 3. The van der Waals surface area contributed by atoms with E-state index in [-0.39, 0.29) is 5.69 Å². The molecule has 0 atom stereocenters. The van der Waals surface area contributed by atoms with Crippen LogP contribution in [0.4, 0.5) is 21.5 Å². The molecule has 134 valence electrons. The zero-order valence-corrected chi connectivity index (χ0v) is 14.8. The Morgan fingerprint density at radius 2 is 1.44 bits per heavy atom. The van der Waals surface area contributed by atoms with Crippen LogP contribution >= 0.6 is 0 Å². The van der Waals surface area contributed by atoms with Gasteiger partial charge in [0, 0.05) is 6.54 Å². The lowest BCUT2D eigenvalue weighted by molar-refractivity contribution is 0.585. The molecule has 0 aromatic heterocycles. The molecule has 25 heavy (non-hydrogen) atoms. The van der Waals surface area contributed by atoms with Crippen molar-refractivity contribution in [2.75, 3.05) is 21.7 Å². The van der Waals surface area contributed by atoms with Crippen molar-refractivity contribution < 1.29 is 12.8 Å². The molecule has 0 radical (unpaired) electrons. The number of unbranched alkanes of at least 4 members (excludes halogenated alkanes) is 3. The Morgan fingerprint density at radius 3 is 2.12 bits per heavy atom. The van der Waals surface area contributed by atoms with Crippen molar-refractivity contribution in [1.82, 2.24) is 0 Å². The highest BCUT2D eigenvalue weighted by molar-refractivity contribution is 7.95. The van der Waals surface area contributed by atoms with E-state index in [0.29, 0.717) is 24.5 Å². The standard InChI is InChI=1S/C18H22FN3O2S/c19-15-9-3-4-10-16(15)22-18-12-6-5-11-17(18)21(25(22,23)24)14-8-2-1-7-13-20/h3-6,9-12H,1-2,7-8,13-14,20H2. The molecule has 1 aliphatic rings. The van der Waals surface area contributed by atoms with Crippen molar-refractivity contribution in [3.63, 3.8) is 0 Å². The van der Waals surface area contributed by atoms with Crippen molar-refractivity contribution in [3.8, 4) is 0 Å². The van der Waals surface area contributed by atoms with Crippen molar-refractivity contribution in [2.45, 2.75) is 25.7 Å². The third-order valence-corrected chi connectivity index (χ3v) is 6.06. The predicted octanol–water partition coefficient (Wildman–Crippen LogP) is 3.55. The van der Waals surface area contributed by atoms with E-state index >= 15 is 0 Å². The maximum absolute atomic E-state index is 14.3. The van der Waals surface area contributed by atoms with Gasteiger partial charge < -0.3 is 5.73 Å². The van der Waals surface area contributed by atoms with Crippen LogP contribution in [-0.4, -0.2) is 21.5 Å². The van der Waals surface area contributed by atoms with Crippen molar-refractivity contribution in [1.29, 1.82) is 0 Å². The average Bonchev–Trinajstić information content (AvgIpc) is 2.82. The summed E-state index contributed by atoms with van der Waals surface area (Å²) in [6.07, 6.45) is 3.55. The van der Waals surface area contributed by atoms with Crippen LogP contribution in [0.1, 0.15) is 25.7 Å². The zero-order chi connectivity index (χ0) is 17.9. The summed E-state index contributed by atoms with van der Waals surface area (Å²) in [4.78, 5) is 0. The average molecular weight is 363 g/mol. The molecule has 0 aliphatic carbocycles. The summed E-state index contributed by atoms with van der Waals surface area (Å²) in [6, 6.07) is 12.9. The van der Waals surface area contributed by atoms with Crippen molar-refractivity contribution in [3.05, 3.63) is 54.3 Å². The minimum atomic E-state index is -3.85. The summed E-state index contributed by atoms with van der Waals surface area (Å²) < 4.78 is 42.9. The second-order valence-electron chi connectivity index (χ2n) is 5.99. The fraction of sp³-hybridized carbons (Fsp3) is 0.333. The highest BCUT2D eigenvalue weighted by Gasteiger charge is 2.41. The summed E-state index contributed by atoms with van der Waals surface area (Å²) in [7, 11) is -3.85. The van der Waals surface area contributed by atoms with Gasteiger partial charge in [0.2, 0.25) is 0 Å². The number of hydrogen-bond acceptors (Lipinski definition) is 3. The molecule has 3 rings (SSSR count). The van der Waals surface area contributed by atoms with Crippen LogP contribution in [0.2, 0.25) is 0 Å². The normalized spacial score (nSPS) is 15.4. The Kier molecular flexibility index (Phi) is 5.24. The van der Waals surface area contributed by atoms with Gasteiger partial charge in [-0.15, -0.1) is 0 Å². The minimum Gasteiger partial charge on any atom is -0.330 e. The lowest BCUT2D eigenvalue weighted by Crippen LogP contribution is -2.36. The topological polar surface area (TPSA) is 66.6 Å². The highest BCUT2D eigenvalue weighted by Crippen LogP contribution is 2.45. The molecule has 1 aliphatic heterocycles. The fourth-order valence-corrected chi connectivity index (χ4v) is 4.81. The van der Waals surface area contributed by atoms with Gasteiger partial charge in [0.15, 0.2) is 0 Å². The Morgan fingerprint density at radius 1 is 0.840 bits per heavy atom.